The van der Waals surface area contributed by atoms with Crippen LogP contribution in [-0.4, -0.2) is 25.8 Å². The average Bonchev–Trinajstić information content (AvgIpc) is 2.68. The van der Waals surface area contributed by atoms with E-state index in [4.69, 9.17) is 11.6 Å². The molecule has 0 N–H and O–H groups in total. The Kier molecular flexibility index (Phi) is 4.02. The first kappa shape index (κ1) is 13.5. The SMILES string of the molecule is CC(CS(C)=O)n1c(CCl)nc2c(F)cccc21. The average molecular weight is 289 g/mol. The lowest BCUT2D eigenvalue weighted by Crippen LogP contribution is -2.15. The van der Waals surface area contributed by atoms with Crippen LogP contribution in [0.25, 0.3) is 11.0 Å². The Morgan fingerprint density at radius 1 is 1.56 bits per heavy atom. The van der Waals surface area contributed by atoms with E-state index in [9.17, 15) is 8.60 Å². The number of fused-ring (bicyclic) bond motifs is 1. The Hall–Kier alpha value is -0.940. The maximum absolute atomic E-state index is 13.7. The molecule has 1 heterocycles. The number of halogens is 2. The van der Waals surface area contributed by atoms with Crippen molar-refractivity contribution in [3.63, 3.8) is 0 Å². The van der Waals surface area contributed by atoms with Gasteiger partial charge in [-0.15, -0.1) is 11.6 Å². The van der Waals surface area contributed by atoms with Crippen molar-refractivity contribution >= 4 is 33.4 Å². The lowest BCUT2D eigenvalue weighted by Gasteiger charge is -2.15. The van der Waals surface area contributed by atoms with E-state index in [0.29, 0.717) is 22.6 Å². The molecule has 0 saturated heterocycles. The maximum Gasteiger partial charge on any atom is 0.151 e. The summed E-state index contributed by atoms with van der Waals surface area (Å²) in [6.45, 7) is 1.93. The van der Waals surface area contributed by atoms with Crippen molar-refractivity contribution in [2.24, 2.45) is 0 Å². The van der Waals surface area contributed by atoms with Crippen molar-refractivity contribution in [3.05, 3.63) is 29.8 Å². The molecule has 98 valence electrons. The van der Waals surface area contributed by atoms with Gasteiger partial charge in [0.25, 0.3) is 0 Å². The second kappa shape index (κ2) is 5.36. The van der Waals surface area contributed by atoms with Crippen molar-refractivity contribution in [1.82, 2.24) is 9.55 Å². The molecule has 0 aliphatic rings. The van der Waals surface area contributed by atoms with Gasteiger partial charge in [-0.25, -0.2) is 9.37 Å². The van der Waals surface area contributed by atoms with Gasteiger partial charge in [-0.3, -0.25) is 4.21 Å². The van der Waals surface area contributed by atoms with Gasteiger partial charge >= 0.3 is 0 Å². The predicted octanol–water partition coefficient (Wildman–Crippen LogP) is 2.85. The molecule has 18 heavy (non-hydrogen) atoms. The normalized spacial score (nSPS) is 14.9. The number of alkyl halides is 1. The number of rotatable bonds is 4. The molecule has 0 spiro atoms. The standard InChI is InChI=1S/C12H14ClFN2OS/c1-8(7-18(2)17)16-10-5-3-4-9(14)12(10)15-11(16)6-13/h3-5,8H,6-7H2,1-2H3. The van der Waals surface area contributed by atoms with E-state index in [-0.39, 0.29) is 17.7 Å². The van der Waals surface area contributed by atoms with Crippen molar-refractivity contribution in [1.29, 1.82) is 0 Å². The Labute approximate surface area is 112 Å². The predicted molar refractivity (Wildman–Crippen MR) is 72.9 cm³/mol. The first-order valence-electron chi connectivity index (χ1n) is 5.56. The molecule has 0 amide bonds. The fourth-order valence-corrected chi connectivity index (χ4v) is 3.15. The Morgan fingerprint density at radius 3 is 2.89 bits per heavy atom. The van der Waals surface area contributed by atoms with Crippen LogP contribution in [0.2, 0.25) is 0 Å². The molecule has 0 aliphatic heterocycles. The highest BCUT2D eigenvalue weighted by atomic mass is 35.5. The fraction of sp³-hybridized carbons (Fsp3) is 0.417. The van der Waals surface area contributed by atoms with Crippen molar-refractivity contribution in [3.8, 4) is 0 Å². The van der Waals surface area contributed by atoms with Gasteiger partial charge in [-0.1, -0.05) is 6.07 Å². The first-order chi connectivity index (χ1) is 8.54. The van der Waals surface area contributed by atoms with Crippen molar-refractivity contribution in [2.45, 2.75) is 18.8 Å². The van der Waals surface area contributed by atoms with E-state index >= 15 is 0 Å². The molecule has 1 aromatic heterocycles. The molecule has 1 aromatic carbocycles. The minimum Gasteiger partial charge on any atom is -0.323 e. The highest BCUT2D eigenvalue weighted by molar-refractivity contribution is 7.84. The third kappa shape index (κ3) is 2.42. The molecule has 2 aromatic rings. The maximum atomic E-state index is 13.7. The van der Waals surface area contributed by atoms with Crippen LogP contribution in [0.3, 0.4) is 0 Å². The molecule has 0 fully saturated rings. The van der Waals surface area contributed by atoms with Crippen LogP contribution in [0, 0.1) is 5.82 Å². The topological polar surface area (TPSA) is 34.9 Å². The van der Waals surface area contributed by atoms with Crippen LogP contribution < -0.4 is 0 Å². The van der Waals surface area contributed by atoms with E-state index in [2.05, 4.69) is 4.98 Å². The number of hydrogen-bond donors (Lipinski definition) is 0. The third-order valence-electron chi connectivity index (χ3n) is 2.78. The van der Waals surface area contributed by atoms with E-state index in [1.807, 2.05) is 11.5 Å². The second-order valence-electron chi connectivity index (χ2n) is 4.23. The number of benzene rings is 1. The van der Waals surface area contributed by atoms with Crippen LogP contribution in [0.1, 0.15) is 18.8 Å². The quantitative estimate of drug-likeness (QED) is 0.811. The minimum absolute atomic E-state index is 0.0311. The first-order valence-corrected chi connectivity index (χ1v) is 7.82. The van der Waals surface area contributed by atoms with Gasteiger partial charge in [0, 0.05) is 28.9 Å². The number of nitrogens with zero attached hydrogens (tertiary/aromatic N) is 2. The summed E-state index contributed by atoms with van der Waals surface area (Å²) in [6.07, 6.45) is 1.65. The largest absolute Gasteiger partial charge is 0.323 e. The molecule has 0 bridgehead atoms. The molecule has 3 nitrogen and oxygen atoms in total. The van der Waals surface area contributed by atoms with Crippen molar-refractivity contribution in [2.75, 3.05) is 12.0 Å². The van der Waals surface area contributed by atoms with Crippen LogP contribution >= 0.6 is 11.6 Å². The molecule has 0 aliphatic carbocycles. The summed E-state index contributed by atoms with van der Waals surface area (Å²) in [5, 5.41) is 0. The molecule has 2 rings (SSSR count). The fourth-order valence-electron chi connectivity index (χ4n) is 2.13. The number of aromatic nitrogens is 2. The molecule has 0 saturated carbocycles. The number of para-hydroxylation sites is 1. The zero-order chi connectivity index (χ0) is 13.3. The van der Waals surface area contributed by atoms with Gasteiger partial charge in [-0.05, 0) is 19.1 Å². The van der Waals surface area contributed by atoms with Crippen molar-refractivity contribution < 1.29 is 8.60 Å². The van der Waals surface area contributed by atoms with E-state index in [1.165, 1.54) is 6.07 Å². The summed E-state index contributed by atoms with van der Waals surface area (Å²) in [5.41, 5.74) is 1.02. The van der Waals surface area contributed by atoms with E-state index in [1.54, 1.807) is 18.4 Å². The summed E-state index contributed by atoms with van der Waals surface area (Å²) in [7, 11) is -0.924. The third-order valence-corrected chi connectivity index (χ3v) is 3.97. The number of imidazole rings is 1. The molecular weight excluding hydrogens is 275 g/mol. The Bertz CT molecular complexity index is 599. The van der Waals surface area contributed by atoms with Gasteiger partial charge in [0.15, 0.2) is 5.82 Å². The van der Waals surface area contributed by atoms with Gasteiger partial charge in [0.2, 0.25) is 0 Å². The van der Waals surface area contributed by atoms with Gasteiger partial charge in [0.05, 0.1) is 11.4 Å². The molecule has 2 atom stereocenters. The zero-order valence-corrected chi connectivity index (χ0v) is 11.8. The van der Waals surface area contributed by atoms with E-state index in [0.717, 1.165) is 0 Å². The zero-order valence-electron chi connectivity index (χ0n) is 10.2. The lowest BCUT2D eigenvalue weighted by atomic mass is 10.3. The van der Waals surface area contributed by atoms with Gasteiger partial charge in [0.1, 0.15) is 11.3 Å². The summed E-state index contributed by atoms with van der Waals surface area (Å²) >= 11 is 5.85. The monoisotopic (exact) mass is 288 g/mol. The summed E-state index contributed by atoms with van der Waals surface area (Å²) in [5.74, 6) is 0.942. The summed E-state index contributed by atoms with van der Waals surface area (Å²) in [4.78, 5) is 4.22. The molecule has 2 unspecified atom stereocenters. The molecule has 0 radical (unpaired) electrons. The lowest BCUT2D eigenvalue weighted by molar-refractivity contribution is 0.594. The molecule has 6 heteroatoms. The second-order valence-corrected chi connectivity index (χ2v) is 5.98. The Morgan fingerprint density at radius 2 is 2.28 bits per heavy atom. The van der Waals surface area contributed by atoms with Crippen LogP contribution in [0.4, 0.5) is 4.39 Å². The Balaban J connectivity index is 2.60. The van der Waals surface area contributed by atoms with Crippen LogP contribution in [0.5, 0.6) is 0 Å². The van der Waals surface area contributed by atoms with Gasteiger partial charge in [-0.2, -0.15) is 0 Å². The minimum atomic E-state index is -0.924. The summed E-state index contributed by atoms with van der Waals surface area (Å²) in [6, 6.07) is 4.79. The highest BCUT2D eigenvalue weighted by Crippen LogP contribution is 2.24. The highest BCUT2D eigenvalue weighted by Gasteiger charge is 2.17. The van der Waals surface area contributed by atoms with Gasteiger partial charge < -0.3 is 4.57 Å². The number of hydrogen-bond acceptors (Lipinski definition) is 2. The van der Waals surface area contributed by atoms with Crippen LogP contribution in [-0.2, 0) is 16.7 Å². The molecular formula is C12H14ClFN2OS. The van der Waals surface area contributed by atoms with E-state index < -0.39 is 10.8 Å². The van der Waals surface area contributed by atoms with Crippen LogP contribution in [0.15, 0.2) is 18.2 Å². The summed E-state index contributed by atoms with van der Waals surface area (Å²) < 4.78 is 26.9. The smallest absolute Gasteiger partial charge is 0.151 e.